The summed E-state index contributed by atoms with van der Waals surface area (Å²) >= 11 is 0. The first kappa shape index (κ1) is 16.5. The van der Waals surface area contributed by atoms with Gasteiger partial charge in [0.1, 0.15) is 0 Å². The Labute approximate surface area is 124 Å². The molecule has 0 heterocycles. The standard InChI is InChI=1S/C15H20N4O2/c1-4-19(7-5-6-16)15-9-13(17-11(2)20)8-14(10-15)18-12(3)21/h8-10H,4-5,7H2,1-3H3,(H,17,20)(H,18,21). The summed E-state index contributed by atoms with van der Waals surface area (Å²) in [6, 6.07) is 7.47. The fourth-order valence-corrected chi connectivity index (χ4v) is 2.00. The number of anilines is 3. The minimum absolute atomic E-state index is 0.180. The first-order chi connectivity index (χ1) is 9.96. The van der Waals surface area contributed by atoms with E-state index >= 15 is 0 Å². The molecular formula is C15H20N4O2. The van der Waals surface area contributed by atoms with E-state index in [0.29, 0.717) is 24.3 Å². The summed E-state index contributed by atoms with van der Waals surface area (Å²) in [7, 11) is 0. The molecule has 112 valence electrons. The summed E-state index contributed by atoms with van der Waals surface area (Å²) in [5.74, 6) is -0.359. The number of nitriles is 1. The number of nitrogens with zero attached hydrogens (tertiary/aromatic N) is 2. The monoisotopic (exact) mass is 288 g/mol. The second-order valence-corrected chi connectivity index (χ2v) is 4.62. The van der Waals surface area contributed by atoms with E-state index in [1.165, 1.54) is 13.8 Å². The topological polar surface area (TPSA) is 85.2 Å². The van der Waals surface area contributed by atoms with E-state index in [4.69, 9.17) is 5.26 Å². The molecule has 0 saturated heterocycles. The number of nitrogens with one attached hydrogen (secondary N) is 2. The number of rotatable bonds is 6. The van der Waals surface area contributed by atoms with Crippen molar-refractivity contribution < 1.29 is 9.59 Å². The van der Waals surface area contributed by atoms with Gasteiger partial charge in [-0.2, -0.15) is 5.26 Å². The molecule has 21 heavy (non-hydrogen) atoms. The van der Waals surface area contributed by atoms with Crippen LogP contribution in [0.5, 0.6) is 0 Å². The summed E-state index contributed by atoms with van der Waals surface area (Å²) in [5.41, 5.74) is 2.07. The maximum Gasteiger partial charge on any atom is 0.221 e. The van der Waals surface area contributed by atoms with E-state index in [0.717, 1.165) is 12.2 Å². The molecule has 0 aliphatic heterocycles. The number of hydrogen-bond acceptors (Lipinski definition) is 4. The van der Waals surface area contributed by atoms with Crippen molar-refractivity contribution in [3.05, 3.63) is 18.2 Å². The van der Waals surface area contributed by atoms with Crippen LogP contribution in [0.4, 0.5) is 17.1 Å². The number of carbonyl (C=O) groups is 2. The molecule has 2 amide bonds. The number of hydrogen-bond donors (Lipinski definition) is 2. The summed E-state index contributed by atoms with van der Waals surface area (Å²) in [5, 5.41) is 14.1. The van der Waals surface area contributed by atoms with Crippen LogP contribution in [-0.4, -0.2) is 24.9 Å². The molecular weight excluding hydrogens is 268 g/mol. The van der Waals surface area contributed by atoms with Gasteiger partial charge in [0, 0.05) is 44.0 Å². The van der Waals surface area contributed by atoms with Crippen molar-refractivity contribution in [1.29, 1.82) is 5.26 Å². The van der Waals surface area contributed by atoms with Crippen LogP contribution in [0.3, 0.4) is 0 Å². The highest BCUT2D eigenvalue weighted by atomic mass is 16.2. The van der Waals surface area contributed by atoms with Crippen LogP contribution in [-0.2, 0) is 9.59 Å². The number of carbonyl (C=O) groups excluding carboxylic acids is 2. The van der Waals surface area contributed by atoms with Gasteiger partial charge in [-0.3, -0.25) is 9.59 Å². The van der Waals surface area contributed by atoms with Gasteiger partial charge in [-0.15, -0.1) is 0 Å². The molecule has 1 rings (SSSR count). The molecule has 6 nitrogen and oxygen atoms in total. The van der Waals surface area contributed by atoms with Crippen LogP contribution in [0.15, 0.2) is 18.2 Å². The molecule has 0 aliphatic carbocycles. The summed E-state index contributed by atoms with van der Waals surface area (Å²) in [4.78, 5) is 24.4. The molecule has 0 saturated carbocycles. The third-order valence-corrected chi connectivity index (χ3v) is 2.80. The molecule has 0 bridgehead atoms. The summed E-state index contributed by atoms with van der Waals surface area (Å²) < 4.78 is 0. The van der Waals surface area contributed by atoms with Crippen LogP contribution in [0.1, 0.15) is 27.2 Å². The predicted octanol–water partition coefficient (Wildman–Crippen LogP) is 2.34. The Morgan fingerprint density at radius 2 is 1.67 bits per heavy atom. The van der Waals surface area contributed by atoms with Crippen LogP contribution in [0, 0.1) is 11.3 Å². The maximum absolute atomic E-state index is 11.2. The second kappa shape index (κ2) is 7.90. The fraction of sp³-hybridized carbons (Fsp3) is 0.400. The van der Waals surface area contributed by atoms with Crippen molar-refractivity contribution >= 4 is 28.9 Å². The van der Waals surface area contributed by atoms with Crippen LogP contribution in [0.25, 0.3) is 0 Å². The van der Waals surface area contributed by atoms with Gasteiger partial charge in [-0.1, -0.05) is 0 Å². The number of benzene rings is 1. The van der Waals surface area contributed by atoms with Crippen molar-refractivity contribution in [2.24, 2.45) is 0 Å². The molecule has 1 aromatic rings. The first-order valence-corrected chi connectivity index (χ1v) is 6.78. The quantitative estimate of drug-likeness (QED) is 0.841. The molecule has 0 fully saturated rings. The van der Waals surface area contributed by atoms with E-state index in [1.54, 1.807) is 6.07 Å². The fourth-order valence-electron chi connectivity index (χ4n) is 2.00. The van der Waals surface area contributed by atoms with E-state index in [1.807, 2.05) is 24.0 Å². The average Bonchev–Trinajstić information content (AvgIpc) is 2.37. The Bertz CT molecular complexity index is 529. The molecule has 2 N–H and O–H groups in total. The van der Waals surface area contributed by atoms with Crippen LogP contribution in [0.2, 0.25) is 0 Å². The maximum atomic E-state index is 11.2. The van der Waals surface area contributed by atoms with Gasteiger partial charge in [0.25, 0.3) is 0 Å². The molecule has 0 aromatic heterocycles. The lowest BCUT2D eigenvalue weighted by Gasteiger charge is -2.23. The average molecular weight is 288 g/mol. The zero-order valence-electron chi connectivity index (χ0n) is 12.6. The van der Waals surface area contributed by atoms with Crippen molar-refractivity contribution in [3.8, 4) is 6.07 Å². The zero-order chi connectivity index (χ0) is 15.8. The Kier molecular flexibility index (Phi) is 6.21. The number of amides is 2. The third kappa shape index (κ3) is 5.53. The normalized spacial score (nSPS) is 9.62. The highest BCUT2D eigenvalue weighted by Crippen LogP contribution is 2.26. The largest absolute Gasteiger partial charge is 0.371 e. The van der Waals surface area contributed by atoms with Gasteiger partial charge >= 0.3 is 0 Å². The lowest BCUT2D eigenvalue weighted by molar-refractivity contribution is -0.115. The van der Waals surface area contributed by atoms with Crippen molar-refractivity contribution in [1.82, 2.24) is 0 Å². The Hall–Kier alpha value is -2.55. The van der Waals surface area contributed by atoms with E-state index in [9.17, 15) is 9.59 Å². The van der Waals surface area contributed by atoms with Gasteiger partial charge in [0.15, 0.2) is 0 Å². The summed E-state index contributed by atoms with van der Waals surface area (Å²) in [6.07, 6.45) is 0.410. The highest BCUT2D eigenvalue weighted by Gasteiger charge is 2.09. The Morgan fingerprint density at radius 1 is 1.14 bits per heavy atom. The first-order valence-electron chi connectivity index (χ1n) is 6.78. The minimum atomic E-state index is -0.180. The van der Waals surface area contributed by atoms with E-state index in [2.05, 4.69) is 16.7 Å². The molecule has 6 heteroatoms. The molecule has 0 atom stereocenters. The highest BCUT2D eigenvalue weighted by molar-refractivity contribution is 5.93. The van der Waals surface area contributed by atoms with Gasteiger partial charge in [0.05, 0.1) is 12.5 Å². The molecule has 1 aromatic carbocycles. The van der Waals surface area contributed by atoms with Crippen molar-refractivity contribution in [2.75, 3.05) is 28.6 Å². The van der Waals surface area contributed by atoms with Gasteiger partial charge < -0.3 is 15.5 Å². The Morgan fingerprint density at radius 3 is 2.05 bits per heavy atom. The predicted molar refractivity (Wildman–Crippen MR) is 83.2 cm³/mol. The van der Waals surface area contributed by atoms with Crippen molar-refractivity contribution in [2.45, 2.75) is 27.2 Å². The molecule has 0 spiro atoms. The molecule has 0 radical (unpaired) electrons. The van der Waals surface area contributed by atoms with Gasteiger partial charge in [-0.05, 0) is 25.1 Å². The van der Waals surface area contributed by atoms with E-state index in [-0.39, 0.29) is 11.8 Å². The lowest BCUT2D eigenvalue weighted by atomic mass is 10.2. The third-order valence-electron chi connectivity index (χ3n) is 2.80. The minimum Gasteiger partial charge on any atom is -0.371 e. The van der Waals surface area contributed by atoms with Gasteiger partial charge in [0.2, 0.25) is 11.8 Å². The smallest absolute Gasteiger partial charge is 0.221 e. The zero-order valence-corrected chi connectivity index (χ0v) is 12.6. The summed E-state index contributed by atoms with van der Waals surface area (Å²) in [6.45, 7) is 6.16. The van der Waals surface area contributed by atoms with Crippen LogP contribution >= 0.6 is 0 Å². The Balaban J connectivity index is 3.12. The SMILES string of the molecule is CCN(CCC#N)c1cc(NC(C)=O)cc(NC(C)=O)c1. The molecule has 0 aliphatic rings. The lowest BCUT2D eigenvalue weighted by Crippen LogP contribution is -2.24. The molecule has 0 unspecified atom stereocenters. The van der Waals surface area contributed by atoms with Crippen LogP contribution < -0.4 is 15.5 Å². The van der Waals surface area contributed by atoms with E-state index < -0.39 is 0 Å². The second-order valence-electron chi connectivity index (χ2n) is 4.62. The van der Waals surface area contributed by atoms with Crippen molar-refractivity contribution in [3.63, 3.8) is 0 Å². The van der Waals surface area contributed by atoms with Gasteiger partial charge in [-0.25, -0.2) is 0 Å².